The summed E-state index contributed by atoms with van der Waals surface area (Å²) in [6.07, 6.45) is 10.5. The number of hydrogen-bond donors (Lipinski definition) is 1. The van der Waals surface area contributed by atoms with E-state index in [1.165, 1.54) is 37.8 Å². The largest absolute Gasteiger partial charge is 0.377 e. The summed E-state index contributed by atoms with van der Waals surface area (Å²) in [6.45, 7) is 2.49. The number of rotatable bonds is 6. The summed E-state index contributed by atoms with van der Waals surface area (Å²) in [5.41, 5.74) is 7.29. The van der Waals surface area contributed by atoms with Crippen molar-refractivity contribution in [2.24, 2.45) is 5.73 Å². The predicted octanol–water partition coefficient (Wildman–Crippen LogP) is 1.72. The molecule has 1 aromatic rings. The van der Waals surface area contributed by atoms with E-state index in [1.807, 2.05) is 12.5 Å². The van der Waals surface area contributed by atoms with E-state index >= 15 is 0 Å². The summed E-state index contributed by atoms with van der Waals surface area (Å²) >= 11 is 0. The molecule has 112 valence electrons. The highest BCUT2D eigenvalue weighted by Gasteiger charge is 2.29. The Kier molecular flexibility index (Phi) is 4.38. The Morgan fingerprint density at radius 3 is 2.95 bits per heavy atom. The standard InChI is InChI=1S/C15H26N4O/c1-18(10-13-4-2-3-7-20-13)14(8-16)15-9-17-11-19(15)12-5-6-12/h9,11-14H,2-8,10,16H2,1H3. The minimum atomic E-state index is 0.239. The molecule has 0 spiro atoms. The zero-order valence-corrected chi connectivity index (χ0v) is 12.4. The Labute approximate surface area is 121 Å². The Hall–Kier alpha value is -0.910. The van der Waals surface area contributed by atoms with E-state index in [9.17, 15) is 0 Å². The molecule has 5 nitrogen and oxygen atoms in total. The van der Waals surface area contributed by atoms with Gasteiger partial charge in [0.15, 0.2) is 0 Å². The first-order valence-electron chi connectivity index (χ1n) is 7.83. The van der Waals surface area contributed by atoms with Crippen molar-refractivity contribution in [1.82, 2.24) is 14.5 Å². The fraction of sp³-hybridized carbons (Fsp3) is 0.800. The van der Waals surface area contributed by atoms with Gasteiger partial charge in [0.05, 0.1) is 24.2 Å². The van der Waals surface area contributed by atoms with Crippen molar-refractivity contribution in [3.05, 3.63) is 18.2 Å². The maximum absolute atomic E-state index is 6.04. The van der Waals surface area contributed by atoms with E-state index in [2.05, 4.69) is 21.5 Å². The van der Waals surface area contributed by atoms with Crippen molar-refractivity contribution in [2.45, 2.75) is 50.3 Å². The van der Waals surface area contributed by atoms with Gasteiger partial charge in [0, 0.05) is 31.9 Å². The van der Waals surface area contributed by atoms with E-state index in [4.69, 9.17) is 10.5 Å². The minimum Gasteiger partial charge on any atom is -0.377 e. The second-order valence-electron chi connectivity index (χ2n) is 6.14. The zero-order valence-electron chi connectivity index (χ0n) is 12.4. The van der Waals surface area contributed by atoms with Crippen LogP contribution in [0.1, 0.15) is 49.9 Å². The molecule has 1 aliphatic heterocycles. The van der Waals surface area contributed by atoms with Crippen LogP contribution in [-0.4, -0.2) is 47.3 Å². The first kappa shape index (κ1) is 14.0. The lowest BCUT2D eigenvalue weighted by atomic mass is 10.1. The molecule has 1 aromatic heterocycles. The summed E-state index contributed by atoms with van der Waals surface area (Å²) in [5, 5.41) is 0. The summed E-state index contributed by atoms with van der Waals surface area (Å²) in [6, 6.07) is 0.893. The van der Waals surface area contributed by atoms with Crippen molar-refractivity contribution in [3.63, 3.8) is 0 Å². The quantitative estimate of drug-likeness (QED) is 0.861. The molecule has 2 atom stereocenters. The van der Waals surface area contributed by atoms with Crippen molar-refractivity contribution >= 4 is 0 Å². The summed E-state index contributed by atoms with van der Waals surface area (Å²) in [7, 11) is 2.15. The maximum atomic E-state index is 6.04. The zero-order chi connectivity index (χ0) is 13.9. The molecule has 2 aliphatic rings. The van der Waals surface area contributed by atoms with Crippen LogP contribution in [0, 0.1) is 0 Å². The number of imidazole rings is 1. The highest BCUT2D eigenvalue weighted by atomic mass is 16.5. The Balaban J connectivity index is 1.66. The van der Waals surface area contributed by atoms with Gasteiger partial charge in [-0.15, -0.1) is 0 Å². The molecule has 0 radical (unpaired) electrons. The second kappa shape index (κ2) is 6.24. The monoisotopic (exact) mass is 278 g/mol. The third-order valence-electron chi connectivity index (χ3n) is 4.50. The van der Waals surface area contributed by atoms with Crippen LogP contribution in [0.4, 0.5) is 0 Å². The Morgan fingerprint density at radius 1 is 1.45 bits per heavy atom. The Bertz CT molecular complexity index is 423. The van der Waals surface area contributed by atoms with Gasteiger partial charge in [0.1, 0.15) is 0 Å². The van der Waals surface area contributed by atoms with E-state index in [0.29, 0.717) is 18.7 Å². The predicted molar refractivity (Wildman–Crippen MR) is 78.5 cm³/mol. The van der Waals surface area contributed by atoms with E-state index < -0.39 is 0 Å². The smallest absolute Gasteiger partial charge is 0.0951 e. The van der Waals surface area contributed by atoms with E-state index in [1.54, 1.807) is 0 Å². The van der Waals surface area contributed by atoms with Crippen LogP contribution < -0.4 is 5.73 Å². The second-order valence-corrected chi connectivity index (χ2v) is 6.14. The van der Waals surface area contributed by atoms with E-state index in [-0.39, 0.29) is 6.04 Å². The molecule has 2 heterocycles. The SMILES string of the molecule is CN(CC1CCCCO1)C(CN)c1cncn1C1CC1. The van der Waals surface area contributed by atoms with Gasteiger partial charge in [0.2, 0.25) is 0 Å². The van der Waals surface area contributed by atoms with Crippen molar-refractivity contribution < 1.29 is 4.74 Å². The average Bonchev–Trinajstić information content (AvgIpc) is 3.20. The fourth-order valence-corrected chi connectivity index (χ4v) is 3.16. The van der Waals surface area contributed by atoms with Gasteiger partial charge in [-0.2, -0.15) is 0 Å². The minimum absolute atomic E-state index is 0.239. The molecular formula is C15H26N4O. The molecule has 1 saturated heterocycles. The van der Waals surface area contributed by atoms with E-state index in [0.717, 1.165) is 13.2 Å². The number of ether oxygens (including phenoxy) is 1. The van der Waals surface area contributed by atoms with Crippen LogP contribution in [0.2, 0.25) is 0 Å². The van der Waals surface area contributed by atoms with Crippen molar-refractivity contribution in [1.29, 1.82) is 0 Å². The van der Waals surface area contributed by atoms with Crippen LogP contribution in [0.25, 0.3) is 0 Å². The molecule has 3 rings (SSSR count). The molecular weight excluding hydrogens is 252 g/mol. The van der Waals surface area contributed by atoms with Crippen LogP contribution in [0.15, 0.2) is 12.5 Å². The van der Waals surface area contributed by atoms with Gasteiger partial charge in [-0.1, -0.05) is 0 Å². The molecule has 20 heavy (non-hydrogen) atoms. The van der Waals surface area contributed by atoms with Gasteiger partial charge in [-0.05, 0) is 39.2 Å². The van der Waals surface area contributed by atoms with Crippen LogP contribution >= 0.6 is 0 Å². The number of nitrogens with two attached hydrogens (primary N) is 1. The lowest BCUT2D eigenvalue weighted by Gasteiger charge is -2.32. The number of nitrogens with zero attached hydrogens (tertiary/aromatic N) is 3. The highest BCUT2D eigenvalue weighted by molar-refractivity contribution is 5.10. The first-order chi connectivity index (χ1) is 9.79. The molecule has 2 N–H and O–H groups in total. The summed E-state index contributed by atoms with van der Waals surface area (Å²) in [5.74, 6) is 0. The van der Waals surface area contributed by atoms with Gasteiger partial charge in [0.25, 0.3) is 0 Å². The molecule has 2 fully saturated rings. The Morgan fingerprint density at radius 2 is 2.30 bits per heavy atom. The van der Waals surface area contributed by atoms with Gasteiger partial charge in [-0.25, -0.2) is 4.98 Å². The molecule has 2 unspecified atom stereocenters. The summed E-state index contributed by atoms with van der Waals surface area (Å²) in [4.78, 5) is 6.67. The third-order valence-corrected chi connectivity index (χ3v) is 4.50. The lowest BCUT2D eigenvalue weighted by molar-refractivity contribution is -0.00827. The molecule has 0 aromatic carbocycles. The van der Waals surface area contributed by atoms with Crippen molar-refractivity contribution in [3.8, 4) is 0 Å². The molecule has 0 bridgehead atoms. The number of likely N-dealkylation sites (N-methyl/N-ethyl adjacent to an activating group) is 1. The molecule has 1 saturated carbocycles. The van der Waals surface area contributed by atoms with Gasteiger partial charge in [-0.3, -0.25) is 4.90 Å². The topological polar surface area (TPSA) is 56.3 Å². The molecule has 5 heteroatoms. The van der Waals surface area contributed by atoms with Crippen LogP contribution in [0.3, 0.4) is 0 Å². The highest BCUT2D eigenvalue weighted by Crippen LogP contribution is 2.37. The fourth-order valence-electron chi connectivity index (χ4n) is 3.16. The normalized spacial score (nSPS) is 25.1. The van der Waals surface area contributed by atoms with Crippen molar-refractivity contribution in [2.75, 3.05) is 26.7 Å². The van der Waals surface area contributed by atoms with Crippen LogP contribution in [-0.2, 0) is 4.74 Å². The van der Waals surface area contributed by atoms with Crippen LogP contribution in [0.5, 0.6) is 0 Å². The first-order valence-corrected chi connectivity index (χ1v) is 7.83. The van der Waals surface area contributed by atoms with Gasteiger partial charge >= 0.3 is 0 Å². The maximum Gasteiger partial charge on any atom is 0.0951 e. The molecule has 1 aliphatic carbocycles. The third kappa shape index (κ3) is 3.05. The molecule has 0 amide bonds. The summed E-state index contributed by atoms with van der Waals surface area (Å²) < 4.78 is 8.16. The number of hydrogen-bond acceptors (Lipinski definition) is 4. The average molecular weight is 278 g/mol. The van der Waals surface area contributed by atoms with Gasteiger partial charge < -0.3 is 15.0 Å². The lowest BCUT2D eigenvalue weighted by Crippen LogP contribution is -2.39. The number of aromatic nitrogens is 2.